The molecule has 0 aliphatic carbocycles. The lowest BCUT2D eigenvalue weighted by Crippen LogP contribution is -2.38. The van der Waals surface area contributed by atoms with Gasteiger partial charge in [0.25, 0.3) is 0 Å². The molecule has 4 N–H and O–H groups in total. The van der Waals surface area contributed by atoms with E-state index in [1.807, 2.05) is 0 Å². The maximum absolute atomic E-state index is 11.2. The Kier molecular flexibility index (Phi) is 5.02. The predicted octanol–water partition coefficient (Wildman–Crippen LogP) is 0.929. The summed E-state index contributed by atoms with van der Waals surface area (Å²) in [5.74, 6) is -0.506. The van der Waals surface area contributed by atoms with Gasteiger partial charge in [0, 0.05) is 13.1 Å². The number of carbonyl (C=O) groups excluding carboxylic acids is 1. The van der Waals surface area contributed by atoms with Crippen molar-refractivity contribution in [3.05, 3.63) is 33.8 Å². The predicted molar refractivity (Wildman–Crippen MR) is 63.4 cm³/mol. The largest absolute Gasteiger partial charge is 0.382 e. The Morgan fingerprint density at radius 1 is 1.44 bits per heavy atom. The van der Waals surface area contributed by atoms with Gasteiger partial charge in [0.1, 0.15) is 6.10 Å². The average molecular weight is 263 g/mol. The van der Waals surface area contributed by atoms with Crippen LogP contribution in [0.2, 0.25) is 10.0 Å². The summed E-state index contributed by atoms with van der Waals surface area (Å²) < 4.78 is 0. The number of carbonyl (C=O) groups is 1. The van der Waals surface area contributed by atoms with E-state index in [4.69, 9.17) is 34.0 Å². The van der Waals surface area contributed by atoms with Gasteiger partial charge in [0.05, 0.1) is 10.0 Å². The third-order valence-electron chi connectivity index (χ3n) is 1.98. The van der Waals surface area contributed by atoms with E-state index in [-0.39, 0.29) is 13.1 Å². The minimum Gasteiger partial charge on any atom is -0.382 e. The van der Waals surface area contributed by atoms with Crippen molar-refractivity contribution in [3.8, 4) is 0 Å². The first-order valence-corrected chi connectivity index (χ1v) is 5.40. The first-order chi connectivity index (χ1) is 7.54. The van der Waals surface area contributed by atoms with Gasteiger partial charge < -0.3 is 16.2 Å². The fraction of sp³-hybridized carbons (Fsp3) is 0.300. The molecule has 88 valence electrons. The Morgan fingerprint density at radius 2 is 2.12 bits per heavy atom. The topological polar surface area (TPSA) is 75.3 Å². The molecule has 0 fully saturated rings. The Labute approximate surface area is 103 Å². The number of hydrogen-bond donors (Lipinski definition) is 3. The van der Waals surface area contributed by atoms with Crippen LogP contribution in [0.5, 0.6) is 0 Å². The Hall–Kier alpha value is -0.810. The SMILES string of the molecule is NCC(O)C(=O)NCc1ccc(Cl)c(Cl)c1. The van der Waals surface area contributed by atoms with Gasteiger partial charge in [0.15, 0.2) is 0 Å². The lowest BCUT2D eigenvalue weighted by atomic mass is 10.2. The second-order valence-electron chi connectivity index (χ2n) is 3.22. The van der Waals surface area contributed by atoms with Crippen molar-refractivity contribution in [1.82, 2.24) is 5.32 Å². The van der Waals surface area contributed by atoms with Gasteiger partial charge >= 0.3 is 0 Å². The van der Waals surface area contributed by atoms with E-state index in [0.717, 1.165) is 5.56 Å². The number of nitrogens with one attached hydrogen (secondary N) is 1. The summed E-state index contributed by atoms with van der Waals surface area (Å²) in [4.78, 5) is 11.2. The Balaban J connectivity index is 2.55. The Morgan fingerprint density at radius 3 is 2.69 bits per heavy atom. The molecule has 0 heterocycles. The first-order valence-electron chi connectivity index (χ1n) is 4.64. The number of benzene rings is 1. The molecule has 0 spiro atoms. The van der Waals surface area contributed by atoms with Gasteiger partial charge in [-0.05, 0) is 17.7 Å². The Bertz CT molecular complexity index is 385. The van der Waals surface area contributed by atoms with Crippen molar-refractivity contribution in [1.29, 1.82) is 0 Å². The van der Waals surface area contributed by atoms with Crippen LogP contribution in [0, 0.1) is 0 Å². The van der Waals surface area contributed by atoms with E-state index in [1.165, 1.54) is 0 Å². The molecule has 4 nitrogen and oxygen atoms in total. The van der Waals surface area contributed by atoms with Crippen molar-refractivity contribution in [2.75, 3.05) is 6.54 Å². The van der Waals surface area contributed by atoms with E-state index in [1.54, 1.807) is 18.2 Å². The second-order valence-corrected chi connectivity index (χ2v) is 4.03. The highest BCUT2D eigenvalue weighted by Gasteiger charge is 2.11. The lowest BCUT2D eigenvalue weighted by Gasteiger charge is -2.09. The molecule has 16 heavy (non-hydrogen) atoms. The molecule has 0 bridgehead atoms. The third-order valence-corrected chi connectivity index (χ3v) is 2.72. The molecular formula is C10H12Cl2N2O2. The number of rotatable bonds is 4. The van der Waals surface area contributed by atoms with Gasteiger partial charge in [-0.3, -0.25) is 4.79 Å². The maximum atomic E-state index is 11.2. The zero-order chi connectivity index (χ0) is 12.1. The minimum atomic E-state index is -1.18. The number of amides is 1. The van der Waals surface area contributed by atoms with E-state index in [2.05, 4.69) is 5.32 Å². The molecule has 0 saturated heterocycles. The summed E-state index contributed by atoms with van der Waals surface area (Å²) in [7, 11) is 0. The molecule has 6 heteroatoms. The molecule has 1 rings (SSSR count). The van der Waals surface area contributed by atoms with E-state index < -0.39 is 12.0 Å². The van der Waals surface area contributed by atoms with Crippen molar-refractivity contribution >= 4 is 29.1 Å². The number of aliphatic hydroxyl groups excluding tert-OH is 1. The zero-order valence-electron chi connectivity index (χ0n) is 8.41. The standard InChI is InChI=1S/C10H12Cl2N2O2/c11-7-2-1-6(3-8(7)12)5-14-10(16)9(15)4-13/h1-3,9,15H,4-5,13H2,(H,14,16). The van der Waals surface area contributed by atoms with Crippen LogP contribution in [-0.2, 0) is 11.3 Å². The van der Waals surface area contributed by atoms with Crippen LogP contribution in [-0.4, -0.2) is 23.7 Å². The summed E-state index contributed by atoms with van der Waals surface area (Å²) in [6.07, 6.45) is -1.18. The summed E-state index contributed by atoms with van der Waals surface area (Å²) in [5, 5.41) is 12.5. The highest BCUT2D eigenvalue weighted by Crippen LogP contribution is 2.22. The van der Waals surface area contributed by atoms with Gasteiger partial charge in [0.2, 0.25) is 5.91 Å². The molecule has 1 unspecified atom stereocenters. The van der Waals surface area contributed by atoms with Crippen molar-refractivity contribution in [2.24, 2.45) is 5.73 Å². The highest BCUT2D eigenvalue weighted by molar-refractivity contribution is 6.42. The van der Waals surface area contributed by atoms with Crippen LogP contribution < -0.4 is 11.1 Å². The van der Waals surface area contributed by atoms with Gasteiger partial charge in [-0.1, -0.05) is 29.3 Å². The van der Waals surface area contributed by atoms with Crippen LogP contribution in [0.4, 0.5) is 0 Å². The molecule has 1 aromatic carbocycles. The van der Waals surface area contributed by atoms with Crippen molar-refractivity contribution in [3.63, 3.8) is 0 Å². The molecule has 0 aromatic heterocycles. The summed E-state index contributed by atoms with van der Waals surface area (Å²) in [6, 6.07) is 5.03. The normalized spacial score (nSPS) is 12.2. The van der Waals surface area contributed by atoms with Crippen LogP contribution in [0.25, 0.3) is 0 Å². The third kappa shape index (κ3) is 3.64. The number of halogens is 2. The number of hydrogen-bond acceptors (Lipinski definition) is 3. The van der Waals surface area contributed by atoms with Gasteiger partial charge in [-0.15, -0.1) is 0 Å². The van der Waals surface area contributed by atoms with Crippen LogP contribution in [0.15, 0.2) is 18.2 Å². The van der Waals surface area contributed by atoms with Crippen LogP contribution >= 0.6 is 23.2 Å². The molecule has 0 saturated carbocycles. The molecule has 0 radical (unpaired) electrons. The maximum Gasteiger partial charge on any atom is 0.250 e. The molecule has 1 atom stereocenters. The van der Waals surface area contributed by atoms with Crippen LogP contribution in [0.3, 0.4) is 0 Å². The fourth-order valence-corrected chi connectivity index (χ4v) is 1.38. The van der Waals surface area contributed by atoms with Gasteiger partial charge in [-0.2, -0.15) is 0 Å². The molecular weight excluding hydrogens is 251 g/mol. The average Bonchev–Trinajstić information content (AvgIpc) is 2.29. The second kappa shape index (κ2) is 6.06. The smallest absolute Gasteiger partial charge is 0.250 e. The van der Waals surface area contributed by atoms with Crippen LogP contribution in [0.1, 0.15) is 5.56 Å². The van der Waals surface area contributed by atoms with Crippen molar-refractivity contribution < 1.29 is 9.90 Å². The summed E-state index contributed by atoms with van der Waals surface area (Å²) >= 11 is 11.5. The molecule has 0 aliphatic rings. The van der Waals surface area contributed by atoms with E-state index in [0.29, 0.717) is 10.0 Å². The molecule has 1 amide bonds. The van der Waals surface area contributed by atoms with E-state index in [9.17, 15) is 4.79 Å². The summed E-state index contributed by atoms with van der Waals surface area (Å²) in [5.41, 5.74) is 5.93. The number of nitrogens with two attached hydrogens (primary N) is 1. The lowest BCUT2D eigenvalue weighted by molar-refractivity contribution is -0.128. The van der Waals surface area contributed by atoms with Gasteiger partial charge in [-0.25, -0.2) is 0 Å². The zero-order valence-corrected chi connectivity index (χ0v) is 9.92. The minimum absolute atomic E-state index is 0.104. The summed E-state index contributed by atoms with van der Waals surface area (Å²) in [6.45, 7) is 0.167. The molecule has 0 aliphatic heterocycles. The first kappa shape index (κ1) is 13.3. The highest BCUT2D eigenvalue weighted by atomic mass is 35.5. The number of aliphatic hydroxyl groups is 1. The monoisotopic (exact) mass is 262 g/mol. The fourth-order valence-electron chi connectivity index (χ4n) is 1.06. The van der Waals surface area contributed by atoms with E-state index >= 15 is 0 Å². The quantitative estimate of drug-likeness (QED) is 0.756. The molecule has 1 aromatic rings. The van der Waals surface area contributed by atoms with Crippen molar-refractivity contribution in [2.45, 2.75) is 12.6 Å².